The van der Waals surface area contributed by atoms with Crippen LogP contribution in [0.4, 0.5) is 0 Å². The second-order valence-electron chi connectivity index (χ2n) is 5.15. The van der Waals surface area contributed by atoms with E-state index in [-0.39, 0.29) is 6.61 Å². The third kappa shape index (κ3) is 2.99. The standard InChI is InChI=1S/C16H20O3/c1-16(2,10-11-17)19-15-9-5-6-12-13(15)7-4-8-14(12)18-3/h4-9,17H,10-11H2,1-3H3. The Hall–Kier alpha value is -1.74. The maximum Gasteiger partial charge on any atom is 0.128 e. The molecular formula is C16H20O3. The lowest BCUT2D eigenvalue weighted by atomic mass is 10.0. The van der Waals surface area contributed by atoms with Crippen molar-refractivity contribution in [3.63, 3.8) is 0 Å². The van der Waals surface area contributed by atoms with Crippen LogP contribution in [-0.2, 0) is 0 Å². The lowest BCUT2D eigenvalue weighted by Gasteiger charge is -2.26. The smallest absolute Gasteiger partial charge is 0.128 e. The van der Waals surface area contributed by atoms with Crippen molar-refractivity contribution in [2.24, 2.45) is 0 Å². The van der Waals surface area contributed by atoms with Gasteiger partial charge in [0.05, 0.1) is 7.11 Å². The number of aliphatic hydroxyl groups excluding tert-OH is 1. The number of hydrogen-bond acceptors (Lipinski definition) is 3. The molecule has 0 aliphatic heterocycles. The van der Waals surface area contributed by atoms with E-state index in [9.17, 15) is 0 Å². The van der Waals surface area contributed by atoms with E-state index >= 15 is 0 Å². The second kappa shape index (κ2) is 5.49. The highest BCUT2D eigenvalue weighted by molar-refractivity contribution is 5.93. The van der Waals surface area contributed by atoms with E-state index in [1.807, 2.05) is 50.2 Å². The van der Waals surface area contributed by atoms with Gasteiger partial charge < -0.3 is 14.6 Å². The van der Waals surface area contributed by atoms with Crippen molar-refractivity contribution in [3.8, 4) is 11.5 Å². The van der Waals surface area contributed by atoms with Crippen molar-refractivity contribution in [2.45, 2.75) is 25.9 Å². The Balaban J connectivity index is 2.44. The predicted octanol–water partition coefficient (Wildman–Crippen LogP) is 3.39. The highest BCUT2D eigenvalue weighted by Crippen LogP contribution is 2.34. The van der Waals surface area contributed by atoms with E-state index in [2.05, 4.69) is 0 Å². The molecule has 0 heterocycles. The van der Waals surface area contributed by atoms with Crippen molar-refractivity contribution in [1.82, 2.24) is 0 Å². The Bertz CT molecular complexity index is 561. The number of rotatable bonds is 5. The van der Waals surface area contributed by atoms with E-state index in [0.717, 1.165) is 22.3 Å². The highest BCUT2D eigenvalue weighted by Gasteiger charge is 2.20. The molecule has 3 nitrogen and oxygen atoms in total. The van der Waals surface area contributed by atoms with E-state index < -0.39 is 5.60 Å². The largest absolute Gasteiger partial charge is 0.496 e. The first-order valence-corrected chi connectivity index (χ1v) is 6.43. The van der Waals surface area contributed by atoms with Crippen LogP contribution in [0, 0.1) is 0 Å². The first-order chi connectivity index (χ1) is 9.07. The van der Waals surface area contributed by atoms with Crippen LogP contribution >= 0.6 is 0 Å². The predicted molar refractivity (Wildman–Crippen MR) is 76.9 cm³/mol. The van der Waals surface area contributed by atoms with Gasteiger partial charge in [-0.2, -0.15) is 0 Å². The van der Waals surface area contributed by atoms with Crippen LogP contribution in [0.2, 0.25) is 0 Å². The Morgan fingerprint density at radius 1 is 1.00 bits per heavy atom. The Morgan fingerprint density at radius 3 is 2.16 bits per heavy atom. The summed E-state index contributed by atoms with van der Waals surface area (Å²) in [6.07, 6.45) is 0.591. The van der Waals surface area contributed by atoms with Gasteiger partial charge in [-0.15, -0.1) is 0 Å². The fraction of sp³-hybridized carbons (Fsp3) is 0.375. The zero-order valence-corrected chi connectivity index (χ0v) is 11.6. The molecule has 0 amide bonds. The minimum Gasteiger partial charge on any atom is -0.496 e. The lowest BCUT2D eigenvalue weighted by molar-refractivity contribution is 0.0781. The molecule has 0 atom stereocenters. The molecule has 0 aromatic heterocycles. The minimum absolute atomic E-state index is 0.112. The van der Waals surface area contributed by atoms with E-state index in [1.54, 1.807) is 7.11 Å². The number of hydrogen-bond donors (Lipinski definition) is 1. The first kappa shape index (κ1) is 13.7. The van der Waals surface area contributed by atoms with Crippen LogP contribution in [0.3, 0.4) is 0 Å². The fourth-order valence-electron chi connectivity index (χ4n) is 2.14. The first-order valence-electron chi connectivity index (χ1n) is 6.43. The summed E-state index contributed by atoms with van der Waals surface area (Å²) in [4.78, 5) is 0. The molecule has 2 rings (SSSR count). The van der Waals surface area contributed by atoms with Gasteiger partial charge in [-0.05, 0) is 26.0 Å². The molecular weight excluding hydrogens is 240 g/mol. The molecule has 19 heavy (non-hydrogen) atoms. The molecule has 1 N–H and O–H groups in total. The summed E-state index contributed by atoms with van der Waals surface area (Å²) < 4.78 is 11.4. The molecule has 0 bridgehead atoms. The van der Waals surface area contributed by atoms with Gasteiger partial charge >= 0.3 is 0 Å². The van der Waals surface area contributed by atoms with Crippen molar-refractivity contribution < 1.29 is 14.6 Å². The molecule has 0 saturated heterocycles. The molecule has 102 valence electrons. The lowest BCUT2D eigenvalue weighted by Crippen LogP contribution is -2.29. The summed E-state index contributed by atoms with van der Waals surface area (Å²) in [5, 5.41) is 11.1. The number of ether oxygens (including phenoxy) is 2. The quantitative estimate of drug-likeness (QED) is 0.895. The summed E-state index contributed by atoms with van der Waals surface area (Å²) in [6.45, 7) is 4.06. The van der Waals surface area contributed by atoms with Crippen LogP contribution in [-0.4, -0.2) is 24.4 Å². The maximum atomic E-state index is 9.08. The summed E-state index contributed by atoms with van der Waals surface area (Å²) in [5.74, 6) is 1.65. The van der Waals surface area contributed by atoms with Gasteiger partial charge in [0.15, 0.2) is 0 Å². The zero-order valence-electron chi connectivity index (χ0n) is 11.6. The molecule has 3 heteroatoms. The monoisotopic (exact) mass is 260 g/mol. The van der Waals surface area contributed by atoms with Gasteiger partial charge in [-0.25, -0.2) is 0 Å². The van der Waals surface area contributed by atoms with Gasteiger partial charge in [0.2, 0.25) is 0 Å². The highest BCUT2D eigenvalue weighted by atomic mass is 16.5. The van der Waals surface area contributed by atoms with E-state index in [1.165, 1.54) is 0 Å². The molecule has 0 spiro atoms. The molecule has 0 radical (unpaired) electrons. The van der Waals surface area contributed by atoms with Crippen molar-refractivity contribution in [3.05, 3.63) is 36.4 Å². The molecule has 2 aromatic carbocycles. The topological polar surface area (TPSA) is 38.7 Å². The van der Waals surface area contributed by atoms with Gasteiger partial charge in [-0.1, -0.05) is 24.3 Å². The zero-order chi connectivity index (χ0) is 13.9. The van der Waals surface area contributed by atoms with Crippen LogP contribution in [0.15, 0.2) is 36.4 Å². The summed E-state index contributed by atoms with van der Waals surface area (Å²) in [5.41, 5.74) is -0.397. The van der Waals surface area contributed by atoms with Gasteiger partial charge in [-0.3, -0.25) is 0 Å². The summed E-state index contributed by atoms with van der Waals surface area (Å²) >= 11 is 0. The Kier molecular flexibility index (Phi) is 3.96. The molecule has 0 aliphatic carbocycles. The van der Waals surface area contributed by atoms with Gasteiger partial charge in [0.1, 0.15) is 17.1 Å². The Labute approximate surface area is 113 Å². The van der Waals surface area contributed by atoms with E-state index in [4.69, 9.17) is 14.6 Å². The number of benzene rings is 2. The normalized spacial score (nSPS) is 11.6. The van der Waals surface area contributed by atoms with Crippen LogP contribution in [0.5, 0.6) is 11.5 Å². The molecule has 2 aromatic rings. The van der Waals surface area contributed by atoms with Crippen LogP contribution in [0.25, 0.3) is 10.8 Å². The van der Waals surface area contributed by atoms with E-state index in [0.29, 0.717) is 6.42 Å². The van der Waals surface area contributed by atoms with Crippen molar-refractivity contribution in [2.75, 3.05) is 13.7 Å². The molecule has 0 unspecified atom stereocenters. The van der Waals surface area contributed by atoms with Gasteiger partial charge in [0, 0.05) is 23.8 Å². The number of fused-ring (bicyclic) bond motifs is 1. The summed E-state index contributed by atoms with van der Waals surface area (Å²) in [6, 6.07) is 11.8. The molecule has 0 aliphatic rings. The third-order valence-electron chi connectivity index (χ3n) is 3.16. The SMILES string of the molecule is COc1cccc2c(OC(C)(C)CCO)cccc12. The fourth-order valence-corrected chi connectivity index (χ4v) is 2.14. The minimum atomic E-state index is -0.397. The van der Waals surface area contributed by atoms with Crippen LogP contribution < -0.4 is 9.47 Å². The van der Waals surface area contributed by atoms with Crippen LogP contribution in [0.1, 0.15) is 20.3 Å². The Morgan fingerprint density at radius 2 is 1.58 bits per heavy atom. The number of methoxy groups -OCH3 is 1. The second-order valence-corrected chi connectivity index (χ2v) is 5.15. The van der Waals surface area contributed by atoms with Gasteiger partial charge in [0.25, 0.3) is 0 Å². The average molecular weight is 260 g/mol. The molecule has 0 fully saturated rings. The maximum absolute atomic E-state index is 9.08. The average Bonchev–Trinajstić information content (AvgIpc) is 2.38. The van der Waals surface area contributed by atoms with Crippen molar-refractivity contribution >= 4 is 10.8 Å². The van der Waals surface area contributed by atoms with Crippen molar-refractivity contribution in [1.29, 1.82) is 0 Å². The summed E-state index contributed by atoms with van der Waals surface area (Å²) in [7, 11) is 1.66. The third-order valence-corrected chi connectivity index (χ3v) is 3.16. The molecule has 0 saturated carbocycles. The number of aliphatic hydroxyl groups is 1.